The van der Waals surface area contributed by atoms with Gasteiger partial charge in [-0.2, -0.15) is 0 Å². The standard InChI is InChI=1S/C15H26F2/c1-11-3-6-13(7-4-11)9-14-8-5-12(2)10-15(14,16)17/h11-14H,3-10H2,1-2H3. The van der Waals surface area contributed by atoms with Gasteiger partial charge in [0, 0.05) is 12.3 Å². The van der Waals surface area contributed by atoms with E-state index in [4.69, 9.17) is 0 Å². The minimum absolute atomic E-state index is 0.126. The second kappa shape index (κ2) is 5.24. The van der Waals surface area contributed by atoms with Gasteiger partial charge >= 0.3 is 0 Å². The fraction of sp³-hybridized carbons (Fsp3) is 1.00. The highest BCUT2D eigenvalue weighted by Crippen LogP contribution is 2.46. The molecule has 0 bridgehead atoms. The summed E-state index contributed by atoms with van der Waals surface area (Å²) in [5.41, 5.74) is 0. The first-order valence-corrected chi connectivity index (χ1v) is 7.35. The van der Waals surface area contributed by atoms with Crippen LogP contribution >= 0.6 is 0 Å². The van der Waals surface area contributed by atoms with E-state index in [1.165, 1.54) is 25.7 Å². The first-order valence-electron chi connectivity index (χ1n) is 7.35. The zero-order valence-corrected chi connectivity index (χ0v) is 11.2. The molecule has 0 heterocycles. The van der Waals surface area contributed by atoms with Crippen molar-refractivity contribution in [2.24, 2.45) is 23.7 Å². The van der Waals surface area contributed by atoms with Gasteiger partial charge in [0.25, 0.3) is 5.92 Å². The van der Waals surface area contributed by atoms with Gasteiger partial charge in [-0.3, -0.25) is 0 Å². The molecule has 2 unspecified atom stereocenters. The van der Waals surface area contributed by atoms with Crippen molar-refractivity contribution in [1.82, 2.24) is 0 Å². The van der Waals surface area contributed by atoms with Crippen LogP contribution in [-0.4, -0.2) is 5.92 Å². The molecule has 2 fully saturated rings. The van der Waals surface area contributed by atoms with E-state index in [-0.39, 0.29) is 18.3 Å². The van der Waals surface area contributed by atoms with Gasteiger partial charge < -0.3 is 0 Å². The van der Waals surface area contributed by atoms with E-state index in [0.29, 0.717) is 5.92 Å². The van der Waals surface area contributed by atoms with Crippen molar-refractivity contribution in [1.29, 1.82) is 0 Å². The molecule has 0 N–H and O–H groups in total. The number of hydrogen-bond donors (Lipinski definition) is 0. The van der Waals surface area contributed by atoms with Crippen LogP contribution in [0.4, 0.5) is 8.78 Å². The third-order valence-electron chi connectivity index (χ3n) is 4.98. The Bertz CT molecular complexity index is 241. The molecule has 2 aliphatic rings. The molecule has 0 amide bonds. The minimum Gasteiger partial charge on any atom is -0.207 e. The Hall–Kier alpha value is -0.140. The van der Waals surface area contributed by atoms with E-state index in [2.05, 4.69) is 6.92 Å². The monoisotopic (exact) mass is 244 g/mol. The molecule has 0 aliphatic heterocycles. The second-order valence-corrected chi connectivity index (χ2v) is 6.71. The molecule has 0 aromatic heterocycles. The highest BCUT2D eigenvalue weighted by atomic mass is 19.3. The van der Waals surface area contributed by atoms with Crippen molar-refractivity contribution in [3.63, 3.8) is 0 Å². The molecular formula is C15H26F2. The lowest BCUT2D eigenvalue weighted by atomic mass is 9.72. The van der Waals surface area contributed by atoms with E-state index < -0.39 is 5.92 Å². The third kappa shape index (κ3) is 3.42. The fourth-order valence-corrected chi connectivity index (χ4v) is 3.69. The predicted molar refractivity (Wildman–Crippen MR) is 67.2 cm³/mol. The maximum Gasteiger partial charge on any atom is 0.251 e. The average Bonchev–Trinajstić information content (AvgIpc) is 2.24. The average molecular weight is 244 g/mol. The first-order chi connectivity index (χ1) is 7.97. The van der Waals surface area contributed by atoms with Crippen molar-refractivity contribution >= 4 is 0 Å². The summed E-state index contributed by atoms with van der Waals surface area (Å²) in [6.07, 6.45) is 7.53. The largest absolute Gasteiger partial charge is 0.251 e. The van der Waals surface area contributed by atoms with Gasteiger partial charge in [-0.25, -0.2) is 8.78 Å². The lowest BCUT2D eigenvalue weighted by Crippen LogP contribution is -2.36. The van der Waals surface area contributed by atoms with Crippen LogP contribution in [0, 0.1) is 23.7 Å². The summed E-state index contributed by atoms with van der Waals surface area (Å²) in [5.74, 6) is -1.10. The Morgan fingerprint density at radius 3 is 2.06 bits per heavy atom. The van der Waals surface area contributed by atoms with Gasteiger partial charge in [0.05, 0.1) is 0 Å². The van der Waals surface area contributed by atoms with Gasteiger partial charge in [0.1, 0.15) is 0 Å². The predicted octanol–water partition coefficient (Wildman–Crippen LogP) is 5.27. The van der Waals surface area contributed by atoms with Crippen molar-refractivity contribution in [3.05, 3.63) is 0 Å². The highest BCUT2D eigenvalue weighted by molar-refractivity contribution is 4.87. The second-order valence-electron chi connectivity index (χ2n) is 6.71. The molecular weight excluding hydrogens is 218 g/mol. The maximum atomic E-state index is 14.0. The summed E-state index contributed by atoms with van der Waals surface area (Å²) in [7, 11) is 0. The Morgan fingerprint density at radius 2 is 1.47 bits per heavy atom. The van der Waals surface area contributed by atoms with Crippen LogP contribution in [-0.2, 0) is 0 Å². The fourth-order valence-electron chi connectivity index (χ4n) is 3.69. The number of halogens is 2. The van der Waals surface area contributed by atoms with E-state index in [1.807, 2.05) is 6.92 Å². The van der Waals surface area contributed by atoms with Crippen molar-refractivity contribution in [3.8, 4) is 0 Å². The van der Waals surface area contributed by atoms with Crippen molar-refractivity contribution in [2.75, 3.05) is 0 Å². The molecule has 0 aromatic carbocycles. The lowest BCUT2D eigenvalue weighted by molar-refractivity contribution is -0.108. The lowest BCUT2D eigenvalue weighted by Gasteiger charge is -2.38. The molecule has 17 heavy (non-hydrogen) atoms. The zero-order chi connectivity index (χ0) is 12.5. The zero-order valence-electron chi connectivity index (χ0n) is 11.2. The molecule has 0 nitrogen and oxygen atoms in total. The topological polar surface area (TPSA) is 0 Å². The van der Waals surface area contributed by atoms with Gasteiger partial charge in [-0.15, -0.1) is 0 Å². The van der Waals surface area contributed by atoms with E-state index in [0.717, 1.165) is 25.2 Å². The maximum absolute atomic E-state index is 14.0. The van der Waals surface area contributed by atoms with Crippen LogP contribution < -0.4 is 0 Å². The Morgan fingerprint density at radius 1 is 0.882 bits per heavy atom. The summed E-state index contributed by atoms with van der Waals surface area (Å²) < 4.78 is 27.9. The number of alkyl halides is 2. The van der Waals surface area contributed by atoms with Crippen molar-refractivity contribution < 1.29 is 8.78 Å². The molecule has 0 spiro atoms. The summed E-state index contributed by atoms with van der Waals surface area (Å²) in [6, 6.07) is 0. The molecule has 2 heteroatoms. The molecule has 100 valence electrons. The summed E-state index contributed by atoms with van der Waals surface area (Å²) in [6.45, 7) is 4.25. The quantitative estimate of drug-likeness (QED) is 0.620. The van der Waals surface area contributed by atoms with Gasteiger partial charge in [-0.05, 0) is 30.6 Å². The number of hydrogen-bond acceptors (Lipinski definition) is 0. The molecule has 0 aromatic rings. The Kier molecular flexibility index (Phi) is 4.10. The first kappa shape index (κ1) is 13.3. The smallest absolute Gasteiger partial charge is 0.207 e. The van der Waals surface area contributed by atoms with Gasteiger partial charge in [0.15, 0.2) is 0 Å². The SMILES string of the molecule is CC1CCC(CC2CCC(C)CC2(F)F)CC1. The Balaban J connectivity index is 1.85. The molecule has 2 rings (SSSR count). The highest BCUT2D eigenvalue weighted by Gasteiger charge is 2.44. The van der Waals surface area contributed by atoms with Crippen molar-refractivity contribution in [2.45, 2.75) is 71.1 Å². The van der Waals surface area contributed by atoms with Crippen LogP contribution in [0.15, 0.2) is 0 Å². The van der Waals surface area contributed by atoms with E-state index in [1.54, 1.807) is 0 Å². The van der Waals surface area contributed by atoms with E-state index >= 15 is 0 Å². The molecule has 2 atom stereocenters. The summed E-state index contributed by atoms with van der Waals surface area (Å²) in [4.78, 5) is 0. The molecule has 2 saturated carbocycles. The van der Waals surface area contributed by atoms with Gasteiger partial charge in [0.2, 0.25) is 0 Å². The van der Waals surface area contributed by atoms with Crippen LogP contribution in [0.1, 0.15) is 65.2 Å². The molecule has 0 radical (unpaired) electrons. The van der Waals surface area contributed by atoms with Crippen LogP contribution in [0.3, 0.4) is 0 Å². The van der Waals surface area contributed by atoms with Crippen LogP contribution in [0.25, 0.3) is 0 Å². The summed E-state index contributed by atoms with van der Waals surface area (Å²) >= 11 is 0. The van der Waals surface area contributed by atoms with Crippen LogP contribution in [0.2, 0.25) is 0 Å². The van der Waals surface area contributed by atoms with Crippen LogP contribution in [0.5, 0.6) is 0 Å². The van der Waals surface area contributed by atoms with E-state index in [9.17, 15) is 8.78 Å². The minimum atomic E-state index is -2.39. The molecule has 0 saturated heterocycles. The third-order valence-corrected chi connectivity index (χ3v) is 4.98. The normalized spacial score (nSPS) is 42.4. The van der Waals surface area contributed by atoms with Gasteiger partial charge in [-0.1, -0.05) is 46.0 Å². The molecule has 2 aliphatic carbocycles. The number of rotatable bonds is 2. The summed E-state index contributed by atoms with van der Waals surface area (Å²) in [5, 5.41) is 0. The Labute approximate surface area is 104 Å².